The number of aliphatic carboxylic acids is 2. The van der Waals surface area contributed by atoms with Gasteiger partial charge in [-0.15, -0.1) is 0 Å². The molecule has 4 rings (SSSR count). The smallest absolute Gasteiger partial charge is 0.332 e. The predicted molar refractivity (Wildman–Crippen MR) is 165 cm³/mol. The van der Waals surface area contributed by atoms with Gasteiger partial charge in [-0.1, -0.05) is 26.5 Å². The number of carboxylic acids is 2. The topological polar surface area (TPSA) is 185 Å². The van der Waals surface area contributed by atoms with Crippen LogP contribution in [0.25, 0.3) is 6.08 Å². The van der Waals surface area contributed by atoms with Gasteiger partial charge in [0.25, 0.3) is 5.91 Å². The van der Waals surface area contributed by atoms with E-state index in [1.54, 1.807) is 0 Å². The van der Waals surface area contributed by atoms with Crippen molar-refractivity contribution in [3.8, 4) is 0 Å². The maximum Gasteiger partial charge on any atom is 0.332 e. The van der Waals surface area contributed by atoms with E-state index in [1.165, 1.54) is 6.08 Å². The number of aromatic amines is 2. The van der Waals surface area contributed by atoms with E-state index in [0.717, 1.165) is 51.5 Å². The lowest BCUT2D eigenvalue weighted by Crippen LogP contribution is -2.30. The zero-order chi connectivity index (χ0) is 32.5. The Morgan fingerprint density at radius 3 is 2.30 bits per heavy atom. The molecule has 1 fully saturated rings. The zero-order valence-electron chi connectivity index (χ0n) is 25.9. The van der Waals surface area contributed by atoms with E-state index < -0.39 is 18.0 Å². The van der Waals surface area contributed by atoms with Gasteiger partial charge in [-0.25, -0.2) is 4.79 Å². The van der Waals surface area contributed by atoms with Gasteiger partial charge in [-0.05, 0) is 67.5 Å². The van der Waals surface area contributed by atoms with E-state index in [1.807, 2.05) is 40.7 Å². The van der Waals surface area contributed by atoms with Gasteiger partial charge in [0.05, 0.1) is 6.04 Å². The van der Waals surface area contributed by atoms with Crippen molar-refractivity contribution in [1.82, 2.24) is 20.6 Å². The average Bonchev–Trinajstić information content (AvgIpc) is 3.60. The van der Waals surface area contributed by atoms with Crippen molar-refractivity contribution in [2.45, 2.75) is 85.3 Å². The number of nitrogens with one attached hydrogen (secondary N) is 4. The molecule has 44 heavy (non-hydrogen) atoms. The third kappa shape index (κ3) is 6.42. The van der Waals surface area contributed by atoms with Crippen LogP contribution in [0.2, 0.25) is 0 Å². The van der Waals surface area contributed by atoms with Crippen molar-refractivity contribution >= 4 is 29.8 Å². The van der Waals surface area contributed by atoms with Crippen LogP contribution < -0.4 is 10.6 Å². The Labute approximate surface area is 256 Å². The number of amides is 2. The van der Waals surface area contributed by atoms with Crippen LogP contribution in [0.5, 0.6) is 0 Å². The van der Waals surface area contributed by atoms with Crippen LogP contribution in [0.15, 0.2) is 29.5 Å². The summed E-state index contributed by atoms with van der Waals surface area (Å²) in [6, 6.07) is -0.273. The lowest BCUT2D eigenvalue weighted by Gasteiger charge is -2.12. The zero-order valence-corrected chi connectivity index (χ0v) is 25.9. The van der Waals surface area contributed by atoms with Gasteiger partial charge in [-0.3, -0.25) is 14.4 Å². The third-order valence-corrected chi connectivity index (χ3v) is 9.24. The number of aromatic nitrogens is 2. The van der Waals surface area contributed by atoms with Crippen molar-refractivity contribution in [3.05, 3.63) is 74.5 Å². The van der Waals surface area contributed by atoms with E-state index in [9.17, 15) is 34.5 Å². The monoisotopic (exact) mass is 606 g/mol. The highest BCUT2D eigenvalue weighted by atomic mass is 16.4. The Kier molecular flexibility index (Phi) is 9.68. The lowest BCUT2D eigenvalue weighted by molar-refractivity contribution is -0.146. The molecule has 236 valence electrons. The minimum atomic E-state index is -1.62. The number of aliphatic hydroxyl groups is 1. The first-order valence-corrected chi connectivity index (χ1v) is 15.0. The van der Waals surface area contributed by atoms with Crippen LogP contribution in [0.1, 0.15) is 78.6 Å². The second-order valence-corrected chi connectivity index (χ2v) is 11.9. The summed E-state index contributed by atoms with van der Waals surface area (Å²) < 4.78 is 0. The SMILES string of the molecule is C=CC1=C(C)[C@@H](Cc2[nH]c(Cc3[nH]c(/C=C4/NC(=O)[C@H](C)[C@H]4CC)c(C)c3CCC(=O)O)c(C[C@H](O)C(=O)O)c2C)NC1=O. The van der Waals surface area contributed by atoms with Gasteiger partial charge in [0.2, 0.25) is 5.91 Å². The third-order valence-electron chi connectivity index (χ3n) is 9.24. The number of H-pyrrole nitrogens is 2. The lowest BCUT2D eigenvalue weighted by atomic mass is 9.92. The molecule has 2 aromatic rings. The largest absolute Gasteiger partial charge is 0.481 e. The van der Waals surface area contributed by atoms with Gasteiger partial charge < -0.3 is 35.9 Å². The number of hydrogen-bond acceptors (Lipinski definition) is 5. The van der Waals surface area contributed by atoms with Gasteiger partial charge >= 0.3 is 11.9 Å². The highest BCUT2D eigenvalue weighted by Gasteiger charge is 2.34. The van der Waals surface area contributed by atoms with E-state index in [0.29, 0.717) is 29.7 Å². The predicted octanol–water partition coefficient (Wildman–Crippen LogP) is 3.23. The summed E-state index contributed by atoms with van der Waals surface area (Å²) in [6.45, 7) is 13.3. The number of allylic oxidation sites excluding steroid dienone is 1. The van der Waals surface area contributed by atoms with Gasteiger partial charge in [0, 0.05) is 71.6 Å². The Morgan fingerprint density at radius 2 is 1.70 bits per heavy atom. The summed E-state index contributed by atoms with van der Waals surface area (Å²) in [6.07, 6.45) is 3.43. The van der Waals surface area contributed by atoms with Crippen molar-refractivity contribution in [1.29, 1.82) is 0 Å². The Hall–Kier alpha value is -4.38. The molecule has 4 heterocycles. The van der Waals surface area contributed by atoms with Gasteiger partial charge in [0.15, 0.2) is 6.10 Å². The van der Waals surface area contributed by atoms with E-state index in [4.69, 9.17) is 0 Å². The molecule has 0 aliphatic carbocycles. The summed E-state index contributed by atoms with van der Waals surface area (Å²) >= 11 is 0. The van der Waals surface area contributed by atoms with Crippen LogP contribution >= 0.6 is 0 Å². The minimum Gasteiger partial charge on any atom is -0.481 e. The molecule has 1 saturated heterocycles. The molecule has 0 bridgehead atoms. The molecule has 0 aromatic carbocycles. The van der Waals surface area contributed by atoms with Gasteiger partial charge in [-0.2, -0.15) is 0 Å². The summed E-state index contributed by atoms with van der Waals surface area (Å²) in [5, 5.41) is 35.2. The fourth-order valence-corrected chi connectivity index (χ4v) is 6.48. The van der Waals surface area contributed by atoms with E-state index in [2.05, 4.69) is 27.2 Å². The second-order valence-electron chi connectivity index (χ2n) is 11.9. The Bertz CT molecular complexity index is 1570. The minimum absolute atomic E-state index is 0.0293. The second kappa shape index (κ2) is 13.1. The number of hydrogen-bond donors (Lipinski definition) is 7. The number of carboxylic acid groups (broad SMARTS) is 2. The molecule has 7 N–H and O–H groups in total. The van der Waals surface area contributed by atoms with Crippen LogP contribution in [-0.2, 0) is 44.9 Å². The van der Waals surface area contributed by atoms with Crippen LogP contribution in [0.3, 0.4) is 0 Å². The molecule has 0 radical (unpaired) electrons. The highest BCUT2D eigenvalue weighted by Crippen LogP contribution is 2.33. The number of carbonyl (C=O) groups excluding carboxylic acids is 2. The Morgan fingerprint density at radius 1 is 1.02 bits per heavy atom. The number of rotatable bonds is 13. The Balaban J connectivity index is 1.76. The maximum absolute atomic E-state index is 12.4. The quantitative estimate of drug-likeness (QED) is 0.182. The fraction of sp³-hybridized carbons (Fsp3) is 0.455. The first-order valence-electron chi connectivity index (χ1n) is 15.0. The summed E-state index contributed by atoms with van der Waals surface area (Å²) in [4.78, 5) is 54.9. The van der Waals surface area contributed by atoms with Gasteiger partial charge in [0.1, 0.15) is 0 Å². The molecule has 0 spiro atoms. The molecular weight excluding hydrogens is 564 g/mol. The molecule has 2 aromatic heterocycles. The maximum atomic E-state index is 12.4. The summed E-state index contributed by atoms with van der Waals surface area (Å²) in [5.41, 5.74) is 8.39. The molecular formula is C33H42N4O7. The van der Waals surface area contributed by atoms with Crippen LogP contribution in [0, 0.1) is 25.7 Å². The number of aliphatic hydroxyl groups excluding tert-OH is 1. The van der Waals surface area contributed by atoms with E-state index in [-0.39, 0.29) is 49.0 Å². The molecule has 11 nitrogen and oxygen atoms in total. The molecule has 2 amide bonds. The van der Waals surface area contributed by atoms with Crippen LogP contribution in [0.4, 0.5) is 0 Å². The molecule has 11 heteroatoms. The highest BCUT2D eigenvalue weighted by molar-refractivity contribution is 6.00. The molecule has 0 unspecified atom stereocenters. The number of carbonyl (C=O) groups is 4. The fourth-order valence-electron chi connectivity index (χ4n) is 6.48. The first-order chi connectivity index (χ1) is 20.8. The van der Waals surface area contributed by atoms with Crippen LogP contribution in [-0.4, -0.2) is 61.2 Å². The first kappa shape index (κ1) is 32.5. The van der Waals surface area contributed by atoms with Crippen molar-refractivity contribution in [3.63, 3.8) is 0 Å². The van der Waals surface area contributed by atoms with E-state index >= 15 is 0 Å². The van der Waals surface area contributed by atoms with Crippen molar-refractivity contribution in [2.75, 3.05) is 0 Å². The molecule has 4 atom stereocenters. The standard InChI is InChI=1S/C33H42N4O7/c1-7-19-18(6)31(41)37-26(19)13-24-16(4)21(9-10-30(39)40)27(34-24)14-28-22(11-29(38)33(43)44)17(5)23(35-28)12-25-15(3)20(8-2)32(42)36-25/h8,13,18-19,25,29,34-35,38H,2,7,9-12,14H2,1,3-6H3,(H,36,42)(H,37,41)(H,39,40)(H,43,44)/b26-13+/t18-,19-,25-,29+/m1/s1. The normalized spacial score (nSPS) is 21.6. The molecule has 0 saturated carbocycles. The summed E-state index contributed by atoms with van der Waals surface area (Å²) in [5.74, 6) is -2.59. The average molecular weight is 607 g/mol. The van der Waals surface area contributed by atoms with Crippen molar-refractivity contribution < 1.29 is 34.5 Å². The molecule has 2 aliphatic rings. The van der Waals surface area contributed by atoms with Crippen molar-refractivity contribution in [2.24, 2.45) is 11.8 Å². The summed E-state index contributed by atoms with van der Waals surface area (Å²) in [7, 11) is 0. The molecule has 2 aliphatic heterocycles.